The van der Waals surface area contributed by atoms with Gasteiger partial charge in [0.1, 0.15) is 0 Å². The van der Waals surface area contributed by atoms with E-state index in [-0.39, 0.29) is 11.7 Å². The van der Waals surface area contributed by atoms with Gasteiger partial charge < -0.3 is 5.32 Å². The van der Waals surface area contributed by atoms with Gasteiger partial charge in [0.15, 0.2) is 0 Å². The molecule has 94 valence electrons. The molecule has 2 rings (SSSR count). The van der Waals surface area contributed by atoms with E-state index in [4.69, 9.17) is 0 Å². The molecule has 0 aromatic carbocycles. The normalized spacial score (nSPS) is 21.5. The van der Waals surface area contributed by atoms with Crippen LogP contribution in [0.25, 0.3) is 0 Å². The third-order valence-corrected chi connectivity index (χ3v) is 3.05. The van der Waals surface area contributed by atoms with Crippen molar-refractivity contribution < 1.29 is 13.2 Å². The van der Waals surface area contributed by atoms with Gasteiger partial charge in [-0.1, -0.05) is 6.42 Å². The smallest absolute Gasteiger partial charge is 0.314 e. The molecule has 1 fully saturated rings. The Morgan fingerprint density at radius 1 is 1.35 bits per heavy atom. The molecule has 1 atom stereocenters. The number of alkyl halides is 3. The van der Waals surface area contributed by atoms with Gasteiger partial charge in [-0.15, -0.1) is 0 Å². The van der Waals surface area contributed by atoms with E-state index >= 15 is 0 Å². The fourth-order valence-electron chi connectivity index (χ4n) is 2.19. The Morgan fingerprint density at radius 2 is 2.18 bits per heavy atom. The van der Waals surface area contributed by atoms with Crippen LogP contribution in [0.4, 0.5) is 13.2 Å². The average molecular weight is 244 g/mol. The predicted octanol–water partition coefficient (Wildman–Crippen LogP) is 2.79. The molecule has 0 amide bonds. The lowest BCUT2D eigenvalue weighted by atomic mass is 9.98. The molecule has 1 unspecified atom stereocenters. The van der Waals surface area contributed by atoms with Gasteiger partial charge in [0.05, 0.1) is 11.3 Å². The Kier molecular flexibility index (Phi) is 3.66. The van der Waals surface area contributed by atoms with Gasteiger partial charge in [-0.25, -0.2) is 0 Å². The van der Waals surface area contributed by atoms with Gasteiger partial charge in [-0.3, -0.25) is 4.98 Å². The highest BCUT2D eigenvalue weighted by molar-refractivity contribution is 5.23. The maximum absolute atomic E-state index is 12.7. The lowest BCUT2D eigenvalue weighted by molar-refractivity contribution is -0.138. The summed E-state index contributed by atoms with van der Waals surface area (Å²) in [5.74, 6) is 0. The molecule has 0 spiro atoms. The molecule has 17 heavy (non-hydrogen) atoms. The third-order valence-electron chi connectivity index (χ3n) is 3.05. The Morgan fingerprint density at radius 3 is 2.82 bits per heavy atom. The number of piperidine rings is 1. The van der Waals surface area contributed by atoms with Gasteiger partial charge in [-0.05, 0) is 31.5 Å². The van der Waals surface area contributed by atoms with Crippen molar-refractivity contribution in [2.75, 3.05) is 6.54 Å². The van der Waals surface area contributed by atoms with Crippen molar-refractivity contribution in [1.29, 1.82) is 0 Å². The molecule has 0 bridgehead atoms. The molecule has 1 aliphatic rings. The molecule has 2 heterocycles. The summed E-state index contributed by atoms with van der Waals surface area (Å²) in [6.07, 6.45) is 0.575. The SMILES string of the molecule is FC(F)(F)c1cccnc1CC1CCCCN1. The van der Waals surface area contributed by atoms with Crippen LogP contribution in [0.3, 0.4) is 0 Å². The van der Waals surface area contributed by atoms with Gasteiger partial charge in [-0.2, -0.15) is 13.2 Å². The summed E-state index contributed by atoms with van der Waals surface area (Å²) in [6.45, 7) is 0.888. The zero-order valence-electron chi connectivity index (χ0n) is 9.43. The zero-order chi connectivity index (χ0) is 12.3. The molecule has 1 saturated heterocycles. The summed E-state index contributed by atoms with van der Waals surface area (Å²) in [5, 5.41) is 3.24. The van der Waals surface area contributed by atoms with Crippen LogP contribution < -0.4 is 5.32 Å². The number of rotatable bonds is 2. The summed E-state index contributed by atoms with van der Waals surface area (Å²) in [4.78, 5) is 3.88. The van der Waals surface area contributed by atoms with Crippen LogP contribution >= 0.6 is 0 Å². The number of pyridine rings is 1. The number of halogens is 3. The van der Waals surface area contributed by atoms with E-state index in [2.05, 4.69) is 10.3 Å². The summed E-state index contributed by atoms with van der Waals surface area (Å²) in [5.41, 5.74) is -0.452. The van der Waals surface area contributed by atoms with Gasteiger partial charge in [0.25, 0.3) is 0 Å². The minimum atomic E-state index is -4.31. The van der Waals surface area contributed by atoms with Crippen LogP contribution in [0.15, 0.2) is 18.3 Å². The predicted molar refractivity (Wildman–Crippen MR) is 58.6 cm³/mol. The van der Waals surface area contributed by atoms with Crippen LogP contribution in [-0.4, -0.2) is 17.6 Å². The molecule has 0 aliphatic carbocycles. The molecule has 1 aliphatic heterocycles. The van der Waals surface area contributed by atoms with Crippen LogP contribution in [0.2, 0.25) is 0 Å². The van der Waals surface area contributed by atoms with Gasteiger partial charge in [0, 0.05) is 18.7 Å². The van der Waals surface area contributed by atoms with E-state index in [9.17, 15) is 13.2 Å². The standard InChI is InChI=1S/C12H15F3N2/c13-12(14,15)10-5-3-7-17-11(10)8-9-4-1-2-6-16-9/h3,5,7,9,16H,1-2,4,6,8H2. The minimum Gasteiger partial charge on any atom is -0.314 e. The first-order chi connectivity index (χ1) is 8.07. The van der Waals surface area contributed by atoms with Crippen LogP contribution in [0, 0.1) is 0 Å². The third kappa shape index (κ3) is 3.19. The van der Waals surface area contributed by atoms with Crippen molar-refractivity contribution in [3.63, 3.8) is 0 Å². The second kappa shape index (κ2) is 5.04. The number of hydrogen-bond donors (Lipinski definition) is 1. The lowest BCUT2D eigenvalue weighted by Crippen LogP contribution is -2.36. The molecule has 1 aromatic rings. The molecular formula is C12H15F3N2. The summed E-state index contributed by atoms with van der Waals surface area (Å²) in [6, 6.07) is 2.56. The highest BCUT2D eigenvalue weighted by Crippen LogP contribution is 2.31. The lowest BCUT2D eigenvalue weighted by Gasteiger charge is -2.24. The van der Waals surface area contributed by atoms with Crippen molar-refractivity contribution in [3.05, 3.63) is 29.6 Å². The highest BCUT2D eigenvalue weighted by atomic mass is 19.4. The Hall–Kier alpha value is -1.10. The van der Waals surface area contributed by atoms with E-state index in [1.54, 1.807) is 0 Å². The Balaban J connectivity index is 2.14. The number of aromatic nitrogens is 1. The number of hydrogen-bond acceptors (Lipinski definition) is 2. The van der Waals surface area contributed by atoms with E-state index in [0.717, 1.165) is 31.9 Å². The maximum Gasteiger partial charge on any atom is 0.418 e. The van der Waals surface area contributed by atoms with Crippen molar-refractivity contribution in [2.24, 2.45) is 0 Å². The molecule has 2 nitrogen and oxygen atoms in total. The van der Waals surface area contributed by atoms with Crippen LogP contribution in [0.5, 0.6) is 0 Å². The first-order valence-corrected chi connectivity index (χ1v) is 5.82. The molecule has 1 aromatic heterocycles. The molecule has 1 N–H and O–H groups in total. The average Bonchev–Trinajstić information content (AvgIpc) is 2.30. The monoisotopic (exact) mass is 244 g/mol. The summed E-state index contributed by atoms with van der Waals surface area (Å²) >= 11 is 0. The second-order valence-electron chi connectivity index (χ2n) is 4.35. The number of nitrogens with zero attached hydrogens (tertiary/aromatic N) is 1. The van der Waals surface area contributed by atoms with Crippen molar-refractivity contribution in [2.45, 2.75) is 37.9 Å². The van der Waals surface area contributed by atoms with Crippen molar-refractivity contribution in [3.8, 4) is 0 Å². The van der Waals surface area contributed by atoms with E-state index in [1.165, 1.54) is 12.3 Å². The molecule has 0 saturated carbocycles. The Labute approximate surface area is 98.2 Å². The van der Waals surface area contributed by atoms with Gasteiger partial charge >= 0.3 is 6.18 Å². The maximum atomic E-state index is 12.7. The quantitative estimate of drug-likeness (QED) is 0.865. The van der Waals surface area contributed by atoms with E-state index < -0.39 is 11.7 Å². The first kappa shape index (κ1) is 12.4. The topological polar surface area (TPSA) is 24.9 Å². The Bertz CT molecular complexity index is 370. The second-order valence-corrected chi connectivity index (χ2v) is 4.35. The molecular weight excluding hydrogens is 229 g/mol. The van der Waals surface area contributed by atoms with Crippen LogP contribution in [-0.2, 0) is 12.6 Å². The van der Waals surface area contributed by atoms with E-state index in [1.807, 2.05) is 0 Å². The number of nitrogens with one attached hydrogen (secondary N) is 1. The molecule has 0 radical (unpaired) electrons. The largest absolute Gasteiger partial charge is 0.418 e. The molecule has 5 heteroatoms. The van der Waals surface area contributed by atoms with Crippen molar-refractivity contribution >= 4 is 0 Å². The van der Waals surface area contributed by atoms with Gasteiger partial charge in [0.2, 0.25) is 0 Å². The fourth-order valence-corrected chi connectivity index (χ4v) is 2.19. The first-order valence-electron chi connectivity index (χ1n) is 5.82. The van der Waals surface area contributed by atoms with Crippen molar-refractivity contribution in [1.82, 2.24) is 10.3 Å². The van der Waals surface area contributed by atoms with Crippen LogP contribution in [0.1, 0.15) is 30.5 Å². The minimum absolute atomic E-state index is 0.125. The summed E-state index contributed by atoms with van der Waals surface area (Å²) < 4.78 is 38.2. The zero-order valence-corrected chi connectivity index (χ0v) is 9.43. The summed E-state index contributed by atoms with van der Waals surface area (Å²) in [7, 11) is 0. The van der Waals surface area contributed by atoms with E-state index in [0.29, 0.717) is 6.42 Å². The highest BCUT2D eigenvalue weighted by Gasteiger charge is 2.34. The fraction of sp³-hybridized carbons (Fsp3) is 0.583.